The lowest BCUT2D eigenvalue weighted by Crippen LogP contribution is -2.74. The number of hydrogen-bond acceptors (Lipinski definition) is 9. The summed E-state index contributed by atoms with van der Waals surface area (Å²) in [4.78, 5) is 40.1. The van der Waals surface area contributed by atoms with E-state index in [0.29, 0.717) is 36.3 Å². The molecule has 9 heteroatoms. The summed E-state index contributed by atoms with van der Waals surface area (Å²) in [6.07, 6.45) is -1.05. The predicted octanol–water partition coefficient (Wildman–Crippen LogP) is 2.91. The van der Waals surface area contributed by atoms with Gasteiger partial charge in [0.25, 0.3) is 0 Å². The largest absolute Gasteiger partial charge is 0.462 e. The molecular formula is C28H34O9. The number of carbonyl (C=O) groups is 3. The molecule has 3 aliphatic carbocycles. The van der Waals surface area contributed by atoms with E-state index in [1.807, 2.05) is 13.8 Å². The van der Waals surface area contributed by atoms with Crippen molar-refractivity contribution in [1.82, 2.24) is 0 Å². The molecule has 5 aliphatic rings. The van der Waals surface area contributed by atoms with Crippen LogP contribution in [0.3, 0.4) is 0 Å². The number of Topliss-reactive ketones (excluding diaryl/α,β-unsaturated/α-hetero) is 1. The molecule has 6 rings (SSSR count). The quantitative estimate of drug-likeness (QED) is 0.608. The second-order valence-corrected chi connectivity index (χ2v) is 11.8. The zero-order valence-electron chi connectivity index (χ0n) is 21.6. The van der Waals surface area contributed by atoms with Gasteiger partial charge in [-0.2, -0.15) is 0 Å². The van der Waals surface area contributed by atoms with Gasteiger partial charge in [0.2, 0.25) is 6.79 Å². The van der Waals surface area contributed by atoms with Gasteiger partial charge in [0.05, 0.1) is 11.7 Å². The summed E-state index contributed by atoms with van der Waals surface area (Å²) in [5.74, 6) is -0.885. The van der Waals surface area contributed by atoms with Crippen molar-refractivity contribution in [2.45, 2.75) is 70.9 Å². The molecule has 0 aromatic heterocycles. The molecule has 1 N–H and O–H groups in total. The van der Waals surface area contributed by atoms with Gasteiger partial charge < -0.3 is 28.8 Å². The number of aliphatic hydroxyl groups is 1. The van der Waals surface area contributed by atoms with Gasteiger partial charge in [0, 0.05) is 30.3 Å². The van der Waals surface area contributed by atoms with Crippen LogP contribution in [-0.2, 0) is 23.8 Å². The van der Waals surface area contributed by atoms with Crippen molar-refractivity contribution in [1.29, 1.82) is 0 Å². The Labute approximate surface area is 215 Å². The zero-order valence-corrected chi connectivity index (χ0v) is 21.6. The molecule has 10 unspecified atom stereocenters. The maximum atomic E-state index is 13.8. The minimum absolute atomic E-state index is 0.0891. The van der Waals surface area contributed by atoms with Gasteiger partial charge in [-0.05, 0) is 55.2 Å². The van der Waals surface area contributed by atoms with Crippen LogP contribution in [0.15, 0.2) is 18.2 Å². The Balaban J connectivity index is 1.46. The Morgan fingerprint density at radius 2 is 1.86 bits per heavy atom. The first kappa shape index (κ1) is 24.7. The number of methoxy groups -OCH3 is 1. The van der Waals surface area contributed by atoms with E-state index >= 15 is 0 Å². The van der Waals surface area contributed by atoms with Gasteiger partial charge in [-0.25, -0.2) is 4.79 Å². The third-order valence-electron chi connectivity index (χ3n) is 10.4. The van der Waals surface area contributed by atoms with Crippen molar-refractivity contribution >= 4 is 17.7 Å². The van der Waals surface area contributed by atoms with E-state index < -0.39 is 47.1 Å². The first-order valence-corrected chi connectivity index (χ1v) is 13.2. The molecule has 200 valence electrons. The van der Waals surface area contributed by atoms with Gasteiger partial charge in [0.1, 0.15) is 18.3 Å². The average Bonchev–Trinajstić information content (AvgIpc) is 3.34. The van der Waals surface area contributed by atoms with E-state index in [4.69, 9.17) is 23.7 Å². The average molecular weight is 515 g/mol. The topological polar surface area (TPSA) is 118 Å². The number of fused-ring (bicyclic) bond motifs is 3. The third kappa shape index (κ3) is 3.32. The van der Waals surface area contributed by atoms with E-state index in [1.54, 1.807) is 25.3 Å². The van der Waals surface area contributed by atoms with Crippen LogP contribution < -0.4 is 9.47 Å². The van der Waals surface area contributed by atoms with E-state index in [1.165, 1.54) is 0 Å². The van der Waals surface area contributed by atoms with Gasteiger partial charge in [-0.15, -0.1) is 0 Å². The molecule has 1 aromatic carbocycles. The van der Waals surface area contributed by atoms with Crippen LogP contribution in [0.5, 0.6) is 11.5 Å². The first-order valence-electron chi connectivity index (χ1n) is 13.2. The molecular weight excluding hydrogens is 480 g/mol. The fraction of sp³-hybridized carbons (Fsp3) is 0.679. The molecule has 9 nitrogen and oxygen atoms in total. The molecule has 1 saturated heterocycles. The van der Waals surface area contributed by atoms with Crippen molar-refractivity contribution in [2.24, 2.45) is 34.5 Å². The molecule has 4 fully saturated rings. The fourth-order valence-corrected chi connectivity index (χ4v) is 8.59. The van der Waals surface area contributed by atoms with Crippen LogP contribution in [0.4, 0.5) is 0 Å². The highest BCUT2D eigenvalue weighted by molar-refractivity contribution is 5.92. The van der Waals surface area contributed by atoms with Crippen LogP contribution in [0.25, 0.3) is 0 Å². The van der Waals surface area contributed by atoms with E-state index in [0.717, 1.165) is 0 Å². The smallest absolute Gasteiger partial charge is 0.338 e. The molecule has 3 saturated carbocycles. The standard InChI is InChI=1S/C28H34O9/c1-13-16-11-21(30)36-20-10-15-6-7-17(29)25(31)27(15,2)24(28(16,20)3)23(22(13)33-4)37-26(32)14-5-8-18-19(9-14)35-12-34-18/h5,8-9,13,15-17,20,22-24,29H,6-7,10-12H2,1-4H3. The lowest BCUT2D eigenvalue weighted by atomic mass is 9.38. The Morgan fingerprint density at radius 1 is 1.11 bits per heavy atom. The number of carbonyl (C=O) groups excluding carboxylic acids is 3. The summed E-state index contributed by atoms with van der Waals surface area (Å²) in [6, 6.07) is 4.89. The Bertz CT molecular complexity index is 1150. The fourth-order valence-electron chi connectivity index (χ4n) is 8.59. The second-order valence-electron chi connectivity index (χ2n) is 11.8. The lowest BCUT2D eigenvalue weighted by molar-refractivity contribution is -0.280. The second kappa shape index (κ2) is 8.43. The number of benzene rings is 1. The Hall–Kier alpha value is -2.65. The van der Waals surface area contributed by atoms with E-state index in [-0.39, 0.29) is 42.7 Å². The Morgan fingerprint density at radius 3 is 2.62 bits per heavy atom. The molecule has 0 spiro atoms. The Kier molecular flexibility index (Phi) is 5.62. The molecule has 2 aliphatic heterocycles. The number of ketones is 1. The minimum Gasteiger partial charge on any atom is -0.462 e. The van der Waals surface area contributed by atoms with Crippen molar-refractivity contribution in [3.8, 4) is 11.5 Å². The normalized spacial score (nSPS) is 43.9. The maximum absolute atomic E-state index is 13.8. The molecule has 0 radical (unpaired) electrons. The SMILES string of the molecule is COC1C(C)C2CC(=O)OC3CC4CCC(O)C(=O)C4(C)C(C1OC(=O)c1ccc4c(c1)OCO4)C32C. The summed E-state index contributed by atoms with van der Waals surface area (Å²) in [6.45, 7) is 6.08. The monoisotopic (exact) mass is 514 g/mol. The molecule has 0 amide bonds. The molecule has 1 aromatic rings. The van der Waals surface area contributed by atoms with Crippen LogP contribution in [0.2, 0.25) is 0 Å². The highest BCUT2D eigenvalue weighted by atomic mass is 16.7. The number of aliphatic hydroxyl groups excluding tert-OH is 1. The van der Waals surface area contributed by atoms with Crippen LogP contribution in [0, 0.1) is 34.5 Å². The van der Waals surface area contributed by atoms with Gasteiger partial charge >= 0.3 is 11.9 Å². The predicted molar refractivity (Wildman–Crippen MR) is 128 cm³/mol. The van der Waals surface area contributed by atoms with Gasteiger partial charge in [-0.3, -0.25) is 9.59 Å². The number of hydrogen-bond donors (Lipinski definition) is 1. The number of rotatable bonds is 3. The highest BCUT2D eigenvalue weighted by Crippen LogP contribution is 2.68. The van der Waals surface area contributed by atoms with Crippen LogP contribution in [-0.4, -0.2) is 61.1 Å². The van der Waals surface area contributed by atoms with Crippen LogP contribution >= 0.6 is 0 Å². The summed E-state index contributed by atoms with van der Waals surface area (Å²) < 4.78 is 29.1. The maximum Gasteiger partial charge on any atom is 0.338 e. The third-order valence-corrected chi connectivity index (χ3v) is 10.4. The molecule has 37 heavy (non-hydrogen) atoms. The van der Waals surface area contributed by atoms with E-state index in [2.05, 4.69) is 6.92 Å². The number of esters is 2. The molecule has 0 bridgehead atoms. The lowest BCUT2D eigenvalue weighted by Gasteiger charge is -2.68. The van der Waals surface area contributed by atoms with Crippen molar-refractivity contribution < 1.29 is 43.2 Å². The summed E-state index contributed by atoms with van der Waals surface area (Å²) in [5, 5.41) is 10.7. The van der Waals surface area contributed by atoms with Gasteiger partial charge in [-0.1, -0.05) is 20.8 Å². The first-order chi connectivity index (χ1) is 17.6. The number of ether oxygens (including phenoxy) is 5. The molecule has 10 atom stereocenters. The minimum atomic E-state index is -1.07. The summed E-state index contributed by atoms with van der Waals surface area (Å²) >= 11 is 0. The molecule has 2 heterocycles. The van der Waals surface area contributed by atoms with Crippen molar-refractivity contribution in [3.05, 3.63) is 23.8 Å². The summed E-state index contributed by atoms with van der Waals surface area (Å²) in [7, 11) is 1.57. The van der Waals surface area contributed by atoms with Gasteiger partial charge in [0.15, 0.2) is 17.3 Å². The highest BCUT2D eigenvalue weighted by Gasteiger charge is 2.73. The van der Waals surface area contributed by atoms with Crippen molar-refractivity contribution in [2.75, 3.05) is 13.9 Å². The zero-order chi connectivity index (χ0) is 26.3. The van der Waals surface area contributed by atoms with E-state index in [9.17, 15) is 19.5 Å². The summed E-state index contributed by atoms with van der Waals surface area (Å²) in [5.41, 5.74) is -1.31. The van der Waals surface area contributed by atoms with Crippen LogP contribution in [0.1, 0.15) is 56.8 Å². The van der Waals surface area contributed by atoms with Crippen molar-refractivity contribution in [3.63, 3.8) is 0 Å².